The van der Waals surface area contributed by atoms with E-state index in [9.17, 15) is 24.0 Å². The van der Waals surface area contributed by atoms with Gasteiger partial charge in [0.2, 0.25) is 17.7 Å². The summed E-state index contributed by atoms with van der Waals surface area (Å²) in [5, 5.41) is 4.61. The van der Waals surface area contributed by atoms with Gasteiger partial charge in [-0.05, 0) is 23.8 Å². The Balaban J connectivity index is 1.37. The Morgan fingerprint density at radius 3 is 1.88 bits per heavy atom. The third-order valence-corrected chi connectivity index (χ3v) is 6.85. The standard InChI is InChI=1S/C22H23N5O6/c1-33-13-5-2-12(3-6-13)4-7-14(28)25-8-10-26-17-15(19(29)23-21(26)31)16-18(17)27(11-9-25)22(32)24-20(16)30/h2-7,15-18H,8-11H2,1H3,(H,23,29,31)(H,24,30,32)/b7-4+. The number of carbonyl (C=O) groups is 5. The Labute approximate surface area is 189 Å². The van der Waals surface area contributed by atoms with E-state index in [2.05, 4.69) is 10.6 Å². The van der Waals surface area contributed by atoms with E-state index in [1.165, 1.54) is 15.9 Å². The van der Waals surface area contributed by atoms with Gasteiger partial charge in [0.15, 0.2) is 0 Å². The van der Waals surface area contributed by atoms with Crippen LogP contribution in [0, 0.1) is 11.8 Å². The topological polar surface area (TPSA) is 128 Å². The van der Waals surface area contributed by atoms with Crippen molar-refractivity contribution in [3.8, 4) is 5.75 Å². The van der Waals surface area contributed by atoms with Crippen LogP contribution in [0.4, 0.5) is 9.59 Å². The van der Waals surface area contributed by atoms with Crippen molar-refractivity contribution in [2.75, 3.05) is 33.3 Å². The quantitative estimate of drug-likeness (QED) is 0.602. The van der Waals surface area contributed by atoms with Crippen LogP contribution in [0.3, 0.4) is 0 Å². The van der Waals surface area contributed by atoms with Gasteiger partial charge in [0.25, 0.3) is 0 Å². The number of nitrogens with one attached hydrogen (secondary N) is 2. The highest BCUT2D eigenvalue weighted by Gasteiger charge is 2.67. The zero-order valence-electron chi connectivity index (χ0n) is 17.9. The molecule has 33 heavy (non-hydrogen) atoms. The average Bonchev–Trinajstić information content (AvgIpc) is 2.85. The van der Waals surface area contributed by atoms with Crippen molar-refractivity contribution in [3.63, 3.8) is 0 Å². The predicted molar refractivity (Wildman–Crippen MR) is 114 cm³/mol. The summed E-state index contributed by atoms with van der Waals surface area (Å²) in [6.07, 6.45) is 3.13. The van der Waals surface area contributed by atoms with Crippen LogP contribution in [0.2, 0.25) is 0 Å². The third kappa shape index (κ3) is 3.40. The van der Waals surface area contributed by atoms with Gasteiger partial charge in [0, 0.05) is 32.3 Å². The molecule has 1 aromatic rings. The molecule has 1 aromatic carbocycles. The minimum Gasteiger partial charge on any atom is -0.497 e. The molecule has 4 aliphatic rings. The van der Waals surface area contributed by atoms with Gasteiger partial charge in [-0.2, -0.15) is 0 Å². The molecule has 4 atom stereocenters. The SMILES string of the molecule is COc1ccc(/C=C/C(=O)N2CCN3C(=O)NC(=O)C4C5C(=O)NC(=O)N(CC2)C5C43)cc1. The number of urea groups is 2. The van der Waals surface area contributed by atoms with Crippen LogP contribution in [-0.4, -0.2) is 89.9 Å². The normalized spacial score (nSPS) is 28.8. The molecular weight excluding hydrogens is 430 g/mol. The summed E-state index contributed by atoms with van der Waals surface area (Å²) < 4.78 is 5.13. The second-order valence-corrected chi connectivity index (χ2v) is 8.44. The molecule has 7 amide bonds. The first kappa shape index (κ1) is 21.0. The lowest BCUT2D eigenvalue weighted by Gasteiger charge is -2.60. The molecule has 3 aliphatic heterocycles. The van der Waals surface area contributed by atoms with E-state index in [0.29, 0.717) is 5.75 Å². The minimum atomic E-state index is -0.708. The molecule has 2 N–H and O–H groups in total. The molecule has 0 radical (unpaired) electrons. The first-order valence-electron chi connectivity index (χ1n) is 10.7. The van der Waals surface area contributed by atoms with E-state index in [4.69, 9.17) is 4.74 Å². The summed E-state index contributed by atoms with van der Waals surface area (Å²) in [6.45, 7) is 0.847. The Morgan fingerprint density at radius 1 is 0.879 bits per heavy atom. The first-order valence-corrected chi connectivity index (χ1v) is 10.7. The molecule has 4 fully saturated rings. The van der Waals surface area contributed by atoms with Crippen molar-refractivity contribution >= 4 is 35.9 Å². The average molecular weight is 453 g/mol. The molecule has 0 aromatic heterocycles. The van der Waals surface area contributed by atoms with Gasteiger partial charge in [-0.1, -0.05) is 12.1 Å². The van der Waals surface area contributed by atoms with Crippen LogP contribution in [0.1, 0.15) is 5.56 Å². The number of methoxy groups -OCH3 is 1. The highest BCUT2D eigenvalue weighted by molar-refractivity contribution is 6.07. The zero-order valence-corrected chi connectivity index (χ0v) is 17.9. The maximum absolute atomic E-state index is 12.9. The summed E-state index contributed by atoms with van der Waals surface area (Å²) in [7, 11) is 1.58. The highest BCUT2D eigenvalue weighted by atomic mass is 16.5. The van der Waals surface area contributed by atoms with Gasteiger partial charge >= 0.3 is 12.1 Å². The van der Waals surface area contributed by atoms with Crippen molar-refractivity contribution < 1.29 is 28.7 Å². The maximum Gasteiger partial charge on any atom is 0.324 e. The number of imide groups is 2. The summed E-state index contributed by atoms with van der Waals surface area (Å²) in [5.41, 5.74) is 0.819. The lowest BCUT2D eigenvalue weighted by atomic mass is 9.61. The number of ether oxygens (including phenoxy) is 1. The van der Waals surface area contributed by atoms with E-state index in [1.54, 1.807) is 30.2 Å². The van der Waals surface area contributed by atoms with Gasteiger partial charge in [0.1, 0.15) is 5.75 Å². The Morgan fingerprint density at radius 2 is 1.39 bits per heavy atom. The monoisotopic (exact) mass is 453 g/mol. The van der Waals surface area contributed by atoms with Crippen LogP contribution < -0.4 is 15.4 Å². The number of amides is 7. The number of fused-ring (bicyclic) bond motifs is 1. The number of nitrogens with zero attached hydrogens (tertiary/aromatic N) is 3. The Bertz CT molecular complexity index is 1020. The van der Waals surface area contributed by atoms with Gasteiger partial charge in [-0.25, -0.2) is 9.59 Å². The van der Waals surface area contributed by atoms with Crippen molar-refractivity contribution in [1.82, 2.24) is 25.3 Å². The summed E-state index contributed by atoms with van der Waals surface area (Å²) in [6, 6.07) is 4.94. The Kier molecular flexibility index (Phi) is 5.03. The first-order chi connectivity index (χ1) is 15.9. The summed E-state index contributed by atoms with van der Waals surface area (Å²) >= 11 is 0. The fourth-order valence-electron chi connectivity index (χ4n) is 5.17. The largest absolute Gasteiger partial charge is 0.497 e. The Hall–Kier alpha value is -3.89. The fraction of sp³-hybridized carbons (Fsp3) is 0.409. The molecule has 0 spiro atoms. The van der Waals surface area contributed by atoms with Gasteiger partial charge in [0.05, 0.1) is 31.0 Å². The number of benzene rings is 1. The molecule has 1 saturated carbocycles. The molecule has 1 aliphatic carbocycles. The second-order valence-electron chi connectivity index (χ2n) is 8.44. The number of carbonyl (C=O) groups excluding carboxylic acids is 5. The van der Waals surface area contributed by atoms with Crippen LogP contribution in [0.5, 0.6) is 5.75 Å². The molecule has 0 bridgehead atoms. The van der Waals surface area contributed by atoms with Crippen molar-refractivity contribution in [2.24, 2.45) is 11.8 Å². The van der Waals surface area contributed by atoms with Crippen molar-refractivity contribution in [3.05, 3.63) is 35.9 Å². The van der Waals surface area contributed by atoms with Crippen molar-refractivity contribution in [2.45, 2.75) is 12.1 Å². The van der Waals surface area contributed by atoms with E-state index in [0.717, 1.165) is 5.56 Å². The van der Waals surface area contributed by atoms with E-state index < -0.39 is 47.8 Å². The van der Waals surface area contributed by atoms with E-state index in [1.807, 2.05) is 12.1 Å². The van der Waals surface area contributed by atoms with Crippen molar-refractivity contribution in [1.29, 1.82) is 0 Å². The number of hydrogen-bond donors (Lipinski definition) is 2. The van der Waals surface area contributed by atoms with Crippen LogP contribution >= 0.6 is 0 Å². The lowest BCUT2D eigenvalue weighted by Crippen LogP contribution is -2.82. The fourth-order valence-corrected chi connectivity index (χ4v) is 5.17. The maximum atomic E-state index is 12.9. The van der Waals surface area contributed by atoms with Gasteiger partial charge in [-0.3, -0.25) is 25.0 Å². The smallest absolute Gasteiger partial charge is 0.324 e. The molecule has 3 heterocycles. The summed E-state index contributed by atoms with van der Waals surface area (Å²) in [4.78, 5) is 67.4. The molecule has 4 unspecified atom stereocenters. The zero-order chi connectivity index (χ0) is 23.3. The second kappa shape index (κ2) is 7.91. The predicted octanol–water partition coefficient (Wildman–Crippen LogP) is -0.363. The third-order valence-electron chi connectivity index (χ3n) is 6.85. The van der Waals surface area contributed by atoms with E-state index in [-0.39, 0.29) is 32.1 Å². The number of rotatable bonds is 3. The highest BCUT2D eigenvalue weighted by Crippen LogP contribution is 2.46. The summed E-state index contributed by atoms with van der Waals surface area (Å²) in [5.74, 6) is -1.97. The van der Waals surface area contributed by atoms with Crippen LogP contribution in [-0.2, 0) is 14.4 Å². The van der Waals surface area contributed by atoms with E-state index >= 15 is 0 Å². The lowest BCUT2D eigenvalue weighted by molar-refractivity contribution is -0.162. The van der Waals surface area contributed by atoms with Gasteiger partial charge < -0.3 is 19.4 Å². The van der Waals surface area contributed by atoms with Crippen LogP contribution in [0.15, 0.2) is 30.3 Å². The number of hydrogen-bond acceptors (Lipinski definition) is 6. The molecule has 5 rings (SSSR count). The van der Waals surface area contributed by atoms with Gasteiger partial charge in [-0.15, -0.1) is 0 Å². The molecule has 172 valence electrons. The molecule has 11 nitrogen and oxygen atoms in total. The molecule has 3 saturated heterocycles. The minimum absolute atomic E-state index is 0.190. The molecular formula is C22H23N5O6. The van der Waals surface area contributed by atoms with Crippen LogP contribution in [0.25, 0.3) is 6.08 Å². The molecule has 11 heteroatoms.